The molecule has 0 aliphatic rings. The highest BCUT2D eigenvalue weighted by atomic mass is 16.4. The Bertz CT molecular complexity index is 551. The first kappa shape index (κ1) is 28.0. The van der Waals surface area contributed by atoms with E-state index in [4.69, 9.17) is 21.1 Å². The number of unbranched alkanes of at least 4 members (excludes halogenated alkanes) is 1. The van der Waals surface area contributed by atoms with E-state index in [0.717, 1.165) is 0 Å². The molecule has 0 amide bonds. The third-order valence-corrected chi connectivity index (χ3v) is 4.54. The van der Waals surface area contributed by atoms with Gasteiger partial charge in [0.1, 0.15) is 5.68 Å². The zero-order chi connectivity index (χ0) is 22.9. The molecule has 0 radical (unpaired) electrons. The highest BCUT2D eigenvalue weighted by Crippen LogP contribution is 2.01. The van der Waals surface area contributed by atoms with Crippen LogP contribution in [0.25, 0.3) is 0 Å². The monoisotopic (exact) mass is 430 g/mol. The fourth-order valence-corrected chi connectivity index (χ4v) is 2.91. The maximum Gasteiger partial charge on any atom is 0.317 e. The van der Waals surface area contributed by atoms with Crippen LogP contribution in [0, 0.1) is 0 Å². The molecule has 0 saturated carbocycles. The summed E-state index contributed by atoms with van der Waals surface area (Å²) >= 11 is 0. The number of carbonyl (C=O) groups is 4. The number of rotatable bonds is 20. The lowest BCUT2D eigenvalue weighted by atomic mass is 9.76. The van der Waals surface area contributed by atoms with Crippen molar-refractivity contribution in [2.24, 2.45) is 5.73 Å². The second-order valence-corrected chi connectivity index (χ2v) is 7.15. The lowest BCUT2D eigenvalue weighted by Gasteiger charge is -2.28. The Morgan fingerprint density at radius 1 is 0.700 bits per heavy atom. The first-order valence-corrected chi connectivity index (χ1v) is 10.2. The summed E-state index contributed by atoms with van der Waals surface area (Å²) in [5.41, 5.74) is 5.58. The first-order chi connectivity index (χ1) is 14.2. The van der Waals surface area contributed by atoms with Crippen LogP contribution in [-0.4, -0.2) is 126 Å². The molecule has 0 fully saturated rings. The van der Waals surface area contributed by atoms with Gasteiger partial charge in [-0.2, -0.15) is 0 Å². The average molecular weight is 430 g/mol. The van der Waals surface area contributed by atoms with Gasteiger partial charge in [0.2, 0.25) is 7.28 Å². The molecule has 0 atom stereocenters. The number of nitrogens with two attached hydrogens (primary N) is 1. The van der Waals surface area contributed by atoms with Crippen molar-refractivity contribution in [3.63, 3.8) is 0 Å². The maximum atomic E-state index is 11.9. The quantitative estimate of drug-likeness (QED) is 0.128. The fourth-order valence-electron chi connectivity index (χ4n) is 2.91. The van der Waals surface area contributed by atoms with Crippen molar-refractivity contribution >= 4 is 30.9 Å². The van der Waals surface area contributed by atoms with E-state index >= 15 is 0 Å². The molecule has 0 aliphatic heterocycles. The SMILES string of the molecule is CBC(=O)CN(CCN(CCN)CC(=O)O)CCN(CCCCC(=O)O)CC(=O)O. The smallest absolute Gasteiger partial charge is 0.317 e. The third kappa shape index (κ3) is 15.9. The molecule has 0 spiro atoms. The van der Waals surface area contributed by atoms with E-state index in [2.05, 4.69) is 0 Å². The molecule has 0 heterocycles. The lowest BCUT2D eigenvalue weighted by Crippen LogP contribution is -2.45. The van der Waals surface area contributed by atoms with Crippen LogP contribution in [0.2, 0.25) is 6.82 Å². The van der Waals surface area contributed by atoms with E-state index < -0.39 is 17.9 Å². The van der Waals surface area contributed by atoms with E-state index in [1.807, 2.05) is 4.90 Å². The summed E-state index contributed by atoms with van der Waals surface area (Å²) in [5.74, 6) is -2.80. The number of hydrogen-bond acceptors (Lipinski definition) is 8. The standard InChI is InChI=1S/C18H35BN4O7/c1-19-15(24)12-23(11-9-22(7-5-20)14-18(29)30)10-8-21(13-17(27)28)6-3-2-4-16(25)26/h19H,2-14,20H2,1H3,(H,25,26)(H,27,28)(H,29,30). The molecular formula is C18H35BN4O7. The zero-order valence-corrected chi connectivity index (χ0v) is 17.8. The van der Waals surface area contributed by atoms with Gasteiger partial charge in [-0.1, -0.05) is 6.82 Å². The number of carboxylic acids is 3. The molecule has 0 saturated heterocycles. The minimum atomic E-state index is -0.972. The summed E-state index contributed by atoms with van der Waals surface area (Å²) in [6, 6.07) is 0. The maximum absolute atomic E-state index is 11.9. The molecule has 0 aliphatic carbocycles. The molecule has 30 heavy (non-hydrogen) atoms. The lowest BCUT2D eigenvalue weighted by molar-refractivity contribution is -0.139. The molecule has 0 aromatic heterocycles. The van der Waals surface area contributed by atoms with Gasteiger partial charge in [-0.15, -0.1) is 0 Å². The molecule has 5 N–H and O–H groups in total. The Morgan fingerprint density at radius 2 is 1.17 bits per heavy atom. The van der Waals surface area contributed by atoms with Crippen molar-refractivity contribution in [1.29, 1.82) is 0 Å². The van der Waals surface area contributed by atoms with Gasteiger partial charge in [0.05, 0.1) is 13.1 Å². The number of aliphatic carboxylic acids is 3. The van der Waals surface area contributed by atoms with Gasteiger partial charge in [-0.05, 0) is 19.4 Å². The first-order valence-electron chi connectivity index (χ1n) is 10.2. The Balaban J connectivity index is 4.82. The minimum absolute atomic E-state index is 0.0403. The largest absolute Gasteiger partial charge is 0.481 e. The predicted octanol–water partition coefficient (Wildman–Crippen LogP) is -1.71. The molecule has 0 unspecified atom stereocenters. The van der Waals surface area contributed by atoms with Crippen molar-refractivity contribution in [2.75, 3.05) is 65.4 Å². The zero-order valence-electron chi connectivity index (χ0n) is 17.8. The van der Waals surface area contributed by atoms with E-state index in [0.29, 0.717) is 65.9 Å². The van der Waals surface area contributed by atoms with Crippen LogP contribution >= 0.6 is 0 Å². The second-order valence-electron chi connectivity index (χ2n) is 7.15. The molecule has 0 aromatic rings. The molecule has 12 heteroatoms. The summed E-state index contributed by atoms with van der Waals surface area (Å²) < 4.78 is 0. The van der Waals surface area contributed by atoms with Crippen LogP contribution in [0.15, 0.2) is 0 Å². The summed E-state index contributed by atoms with van der Waals surface area (Å²) in [6.45, 7) is 4.62. The topological polar surface area (TPSA) is 165 Å². The Kier molecular flexibility index (Phi) is 15.6. The Labute approximate surface area is 178 Å². The van der Waals surface area contributed by atoms with E-state index in [1.54, 1.807) is 16.6 Å². The molecule has 0 bridgehead atoms. The van der Waals surface area contributed by atoms with Gasteiger partial charge in [-0.3, -0.25) is 29.1 Å². The summed E-state index contributed by atoms with van der Waals surface area (Å²) in [5, 5.41) is 26.8. The van der Waals surface area contributed by atoms with Crippen LogP contribution < -0.4 is 5.73 Å². The van der Waals surface area contributed by atoms with Gasteiger partial charge in [0.25, 0.3) is 0 Å². The highest BCUT2D eigenvalue weighted by Gasteiger charge is 2.16. The fraction of sp³-hybridized carbons (Fsp3) is 0.778. The van der Waals surface area contributed by atoms with Crippen molar-refractivity contribution in [3.8, 4) is 0 Å². The van der Waals surface area contributed by atoms with Crippen molar-refractivity contribution < 1.29 is 34.5 Å². The summed E-state index contributed by atoms with van der Waals surface area (Å²) in [4.78, 5) is 50.0. The normalized spacial score (nSPS) is 11.2. The third-order valence-electron chi connectivity index (χ3n) is 4.54. The van der Waals surface area contributed by atoms with Crippen molar-refractivity contribution in [2.45, 2.75) is 26.1 Å². The van der Waals surface area contributed by atoms with Crippen molar-refractivity contribution in [1.82, 2.24) is 14.7 Å². The average Bonchev–Trinajstić information content (AvgIpc) is 2.65. The summed E-state index contributed by atoms with van der Waals surface area (Å²) in [7, 11) is 0.381. The van der Waals surface area contributed by atoms with E-state index in [9.17, 15) is 19.2 Å². The van der Waals surface area contributed by atoms with Gasteiger partial charge in [-0.25, -0.2) is 0 Å². The predicted molar refractivity (Wildman–Crippen MR) is 113 cm³/mol. The van der Waals surface area contributed by atoms with Crippen LogP contribution in [0.1, 0.15) is 19.3 Å². The molecule has 172 valence electrons. The van der Waals surface area contributed by atoms with E-state index in [-0.39, 0.29) is 31.7 Å². The Morgan fingerprint density at radius 3 is 1.57 bits per heavy atom. The van der Waals surface area contributed by atoms with Crippen molar-refractivity contribution in [3.05, 3.63) is 0 Å². The minimum Gasteiger partial charge on any atom is -0.481 e. The summed E-state index contributed by atoms with van der Waals surface area (Å²) in [6.07, 6.45) is 1.07. The number of carbonyl (C=O) groups excluding carboxylic acids is 1. The van der Waals surface area contributed by atoms with Gasteiger partial charge in [0, 0.05) is 52.2 Å². The molecule has 0 rings (SSSR count). The number of nitrogens with zero attached hydrogens (tertiary/aromatic N) is 3. The van der Waals surface area contributed by atoms with Crippen LogP contribution in [0.3, 0.4) is 0 Å². The second kappa shape index (κ2) is 16.7. The molecule has 11 nitrogen and oxygen atoms in total. The van der Waals surface area contributed by atoms with Crippen LogP contribution in [-0.2, 0) is 19.2 Å². The Hall–Kier alpha value is -2.02. The highest BCUT2D eigenvalue weighted by molar-refractivity contribution is 6.73. The number of carboxylic acid groups (broad SMARTS) is 3. The van der Waals surface area contributed by atoms with Gasteiger partial charge >= 0.3 is 17.9 Å². The molecule has 0 aromatic carbocycles. The van der Waals surface area contributed by atoms with E-state index in [1.165, 1.54) is 0 Å². The van der Waals surface area contributed by atoms with Gasteiger partial charge in [0.15, 0.2) is 0 Å². The van der Waals surface area contributed by atoms with Gasteiger partial charge < -0.3 is 25.8 Å². The number of hydrogen-bond donors (Lipinski definition) is 4. The van der Waals surface area contributed by atoms with Crippen LogP contribution in [0.4, 0.5) is 0 Å². The van der Waals surface area contributed by atoms with Crippen LogP contribution in [0.5, 0.6) is 0 Å². The molecular weight excluding hydrogens is 395 g/mol.